The Labute approximate surface area is 201 Å². The molecule has 7 heteroatoms. The number of hydrogen-bond donors (Lipinski definition) is 1. The molecule has 0 aromatic heterocycles. The van der Waals surface area contributed by atoms with E-state index in [0.29, 0.717) is 27.6 Å². The Morgan fingerprint density at radius 2 is 1.68 bits per heavy atom. The average Bonchev–Trinajstić information content (AvgIpc) is 2.85. The SMILES string of the molecule is C[C@@H](Oc1cccc2ccccc12)C(=O)N/N=C\c1ccc(OC(=O)c2cccc(Cl)c2)cc1. The van der Waals surface area contributed by atoms with Crippen LogP contribution in [-0.2, 0) is 4.79 Å². The fourth-order valence-electron chi connectivity index (χ4n) is 3.21. The van der Waals surface area contributed by atoms with E-state index in [2.05, 4.69) is 10.5 Å². The highest BCUT2D eigenvalue weighted by atomic mass is 35.5. The molecule has 0 heterocycles. The van der Waals surface area contributed by atoms with E-state index >= 15 is 0 Å². The molecule has 1 amide bonds. The quantitative estimate of drug-likeness (QED) is 0.164. The number of carbonyl (C=O) groups is 2. The van der Waals surface area contributed by atoms with Gasteiger partial charge in [0.2, 0.25) is 0 Å². The number of nitrogens with zero attached hydrogens (tertiary/aromatic N) is 1. The van der Waals surface area contributed by atoms with Crippen molar-refractivity contribution in [1.29, 1.82) is 0 Å². The summed E-state index contributed by atoms with van der Waals surface area (Å²) in [7, 11) is 0. The number of esters is 1. The number of hydrogen-bond acceptors (Lipinski definition) is 5. The fraction of sp³-hybridized carbons (Fsp3) is 0.0741. The largest absolute Gasteiger partial charge is 0.480 e. The molecule has 4 rings (SSSR count). The minimum atomic E-state index is -0.740. The number of benzene rings is 4. The lowest BCUT2D eigenvalue weighted by molar-refractivity contribution is -0.127. The highest BCUT2D eigenvalue weighted by molar-refractivity contribution is 6.30. The van der Waals surface area contributed by atoms with Gasteiger partial charge in [-0.25, -0.2) is 10.2 Å². The van der Waals surface area contributed by atoms with Crippen molar-refractivity contribution in [2.24, 2.45) is 5.10 Å². The third kappa shape index (κ3) is 5.79. The summed E-state index contributed by atoms with van der Waals surface area (Å²) in [5.41, 5.74) is 3.56. The summed E-state index contributed by atoms with van der Waals surface area (Å²) in [4.78, 5) is 24.6. The number of rotatable bonds is 7. The van der Waals surface area contributed by atoms with Crippen molar-refractivity contribution >= 4 is 40.5 Å². The third-order valence-electron chi connectivity index (χ3n) is 4.96. The van der Waals surface area contributed by atoms with Crippen LogP contribution >= 0.6 is 11.6 Å². The summed E-state index contributed by atoms with van der Waals surface area (Å²) >= 11 is 5.91. The maximum atomic E-state index is 12.4. The van der Waals surface area contributed by atoms with E-state index in [-0.39, 0.29) is 5.91 Å². The zero-order chi connectivity index (χ0) is 23.9. The molecule has 4 aromatic rings. The molecular formula is C27H21ClN2O4. The van der Waals surface area contributed by atoms with Crippen LogP contribution in [0.4, 0.5) is 0 Å². The van der Waals surface area contributed by atoms with E-state index < -0.39 is 12.1 Å². The number of carbonyl (C=O) groups excluding carboxylic acids is 2. The van der Waals surface area contributed by atoms with Crippen LogP contribution in [0.1, 0.15) is 22.8 Å². The van der Waals surface area contributed by atoms with Gasteiger partial charge in [0, 0.05) is 10.4 Å². The monoisotopic (exact) mass is 472 g/mol. The Balaban J connectivity index is 1.31. The molecule has 0 spiro atoms. The average molecular weight is 473 g/mol. The highest BCUT2D eigenvalue weighted by Gasteiger charge is 2.15. The van der Waals surface area contributed by atoms with Gasteiger partial charge in [0.05, 0.1) is 11.8 Å². The maximum absolute atomic E-state index is 12.4. The van der Waals surface area contributed by atoms with E-state index in [4.69, 9.17) is 21.1 Å². The van der Waals surface area contributed by atoms with Gasteiger partial charge in [-0.1, -0.05) is 54.1 Å². The van der Waals surface area contributed by atoms with Crippen molar-refractivity contribution in [1.82, 2.24) is 5.43 Å². The number of hydrazone groups is 1. The first-order valence-corrected chi connectivity index (χ1v) is 10.9. The number of nitrogens with one attached hydrogen (secondary N) is 1. The molecule has 0 aliphatic rings. The zero-order valence-electron chi connectivity index (χ0n) is 18.3. The molecule has 0 bridgehead atoms. The van der Waals surface area contributed by atoms with Crippen molar-refractivity contribution in [3.63, 3.8) is 0 Å². The summed E-state index contributed by atoms with van der Waals surface area (Å²) in [6.07, 6.45) is 0.752. The van der Waals surface area contributed by atoms with Gasteiger partial charge in [0.1, 0.15) is 11.5 Å². The first-order valence-electron chi connectivity index (χ1n) is 10.5. The zero-order valence-corrected chi connectivity index (χ0v) is 19.0. The Morgan fingerprint density at radius 3 is 2.47 bits per heavy atom. The Morgan fingerprint density at radius 1 is 0.941 bits per heavy atom. The first kappa shape index (κ1) is 23.0. The van der Waals surface area contributed by atoms with Crippen LogP contribution in [0.15, 0.2) is 96.1 Å². The summed E-state index contributed by atoms with van der Waals surface area (Å²) in [6, 6.07) is 26.7. The van der Waals surface area contributed by atoms with Crippen molar-refractivity contribution in [3.8, 4) is 11.5 Å². The number of halogens is 1. The molecule has 0 radical (unpaired) electrons. The minimum Gasteiger partial charge on any atom is -0.480 e. The highest BCUT2D eigenvalue weighted by Crippen LogP contribution is 2.26. The Kier molecular flexibility index (Phi) is 7.20. The van der Waals surface area contributed by atoms with Gasteiger partial charge >= 0.3 is 5.97 Å². The molecule has 0 saturated carbocycles. The van der Waals surface area contributed by atoms with Gasteiger partial charge < -0.3 is 9.47 Å². The van der Waals surface area contributed by atoms with Crippen LogP contribution in [0.25, 0.3) is 10.8 Å². The number of amides is 1. The summed E-state index contributed by atoms with van der Waals surface area (Å²) in [5.74, 6) is 0.128. The van der Waals surface area contributed by atoms with Gasteiger partial charge in [-0.05, 0) is 66.4 Å². The van der Waals surface area contributed by atoms with Crippen LogP contribution in [0, 0.1) is 0 Å². The predicted octanol–water partition coefficient (Wildman–Crippen LogP) is 5.63. The van der Waals surface area contributed by atoms with Crippen LogP contribution in [0.2, 0.25) is 5.02 Å². The third-order valence-corrected chi connectivity index (χ3v) is 5.20. The van der Waals surface area contributed by atoms with E-state index in [1.54, 1.807) is 55.5 Å². The van der Waals surface area contributed by atoms with Crippen LogP contribution in [-0.4, -0.2) is 24.2 Å². The smallest absolute Gasteiger partial charge is 0.343 e. The molecule has 0 fully saturated rings. The van der Waals surface area contributed by atoms with E-state index in [0.717, 1.165) is 10.8 Å². The van der Waals surface area contributed by atoms with Crippen molar-refractivity contribution in [2.75, 3.05) is 0 Å². The maximum Gasteiger partial charge on any atom is 0.343 e. The van der Waals surface area contributed by atoms with Crippen LogP contribution in [0.5, 0.6) is 11.5 Å². The number of fused-ring (bicyclic) bond motifs is 1. The Hall–Kier alpha value is -4.16. The molecule has 0 unspecified atom stereocenters. The second-order valence-electron chi connectivity index (χ2n) is 7.44. The second kappa shape index (κ2) is 10.6. The molecule has 170 valence electrons. The van der Waals surface area contributed by atoms with Gasteiger partial charge in [0.15, 0.2) is 6.10 Å². The van der Waals surface area contributed by atoms with E-state index in [1.165, 1.54) is 6.21 Å². The minimum absolute atomic E-state index is 0.362. The molecule has 6 nitrogen and oxygen atoms in total. The van der Waals surface area contributed by atoms with Crippen molar-refractivity contribution < 1.29 is 19.1 Å². The summed E-state index contributed by atoms with van der Waals surface area (Å²) in [6.45, 7) is 1.66. The first-order chi connectivity index (χ1) is 16.5. The molecule has 0 aliphatic carbocycles. The Bertz CT molecular complexity index is 1350. The topological polar surface area (TPSA) is 77.0 Å². The summed E-state index contributed by atoms with van der Waals surface area (Å²) in [5, 5.41) is 6.41. The molecule has 0 saturated heterocycles. The standard InChI is InChI=1S/C27H21ClN2O4/c1-18(33-25-11-5-7-20-6-2-3-10-24(20)25)26(31)30-29-17-19-12-14-23(15-13-19)34-27(32)21-8-4-9-22(28)16-21/h2-18H,1H3,(H,30,31)/b29-17-/t18-/m1/s1. The van der Waals surface area contributed by atoms with Gasteiger partial charge in [-0.2, -0.15) is 5.10 Å². The van der Waals surface area contributed by atoms with E-state index in [9.17, 15) is 9.59 Å². The normalized spacial score (nSPS) is 11.8. The molecule has 0 aliphatic heterocycles. The van der Waals surface area contributed by atoms with E-state index in [1.807, 2.05) is 42.5 Å². The molecule has 1 atom stereocenters. The molecule has 34 heavy (non-hydrogen) atoms. The van der Waals surface area contributed by atoms with Crippen LogP contribution in [0.3, 0.4) is 0 Å². The molecule has 1 N–H and O–H groups in total. The van der Waals surface area contributed by atoms with Gasteiger partial charge in [0.25, 0.3) is 5.91 Å². The van der Waals surface area contributed by atoms with Gasteiger partial charge in [-0.15, -0.1) is 0 Å². The lowest BCUT2D eigenvalue weighted by atomic mass is 10.1. The fourth-order valence-corrected chi connectivity index (χ4v) is 3.40. The lowest BCUT2D eigenvalue weighted by Crippen LogP contribution is -2.33. The molecular weight excluding hydrogens is 452 g/mol. The second-order valence-corrected chi connectivity index (χ2v) is 7.88. The van der Waals surface area contributed by atoms with Gasteiger partial charge in [-0.3, -0.25) is 4.79 Å². The summed E-state index contributed by atoms with van der Waals surface area (Å²) < 4.78 is 11.2. The predicted molar refractivity (Wildman–Crippen MR) is 133 cm³/mol. The van der Waals surface area contributed by atoms with Crippen LogP contribution < -0.4 is 14.9 Å². The molecule has 4 aromatic carbocycles. The lowest BCUT2D eigenvalue weighted by Gasteiger charge is -2.14. The van der Waals surface area contributed by atoms with Crippen molar-refractivity contribution in [2.45, 2.75) is 13.0 Å². The van der Waals surface area contributed by atoms with Crippen molar-refractivity contribution in [3.05, 3.63) is 107 Å². The number of ether oxygens (including phenoxy) is 2.